The average Bonchev–Trinajstić information content (AvgIpc) is 3.34. The van der Waals surface area contributed by atoms with Crippen LogP contribution in [0, 0.1) is 0 Å². The molecule has 168 valence electrons. The summed E-state index contributed by atoms with van der Waals surface area (Å²) in [7, 11) is 3.11. The molecular formula is C25H28N2O5. The number of hydrogen-bond donors (Lipinski definition) is 0. The van der Waals surface area contributed by atoms with Gasteiger partial charge in [-0.3, -0.25) is 9.59 Å². The highest BCUT2D eigenvalue weighted by molar-refractivity contribution is 5.96. The molecule has 0 saturated heterocycles. The first-order valence-corrected chi connectivity index (χ1v) is 10.4. The summed E-state index contributed by atoms with van der Waals surface area (Å²) >= 11 is 0. The average molecular weight is 437 g/mol. The summed E-state index contributed by atoms with van der Waals surface area (Å²) in [6, 6.07) is 20.2. The van der Waals surface area contributed by atoms with Crippen molar-refractivity contribution in [1.29, 1.82) is 0 Å². The molecule has 0 aliphatic rings. The minimum Gasteiger partial charge on any atom is -0.497 e. The standard InChI is InChI=1S/C25H28N2O5/c1-30-15-13-26(25(29)21-10-6-11-22(16-21)31-2)19-24(28)27(18-23-12-7-14-32-23)17-20-8-4-3-5-9-20/h3-12,14,16H,13,15,17-19H2,1-2H3. The van der Waals surface area contributed by atoms with Crippen molar-refractivity contribution in [2.24, 2.45) is 0 Å². The summed E-state index contributed by atoms with van der Waals surface area (Å²) in [4.78, 5) is 29.7. The molecule has 1 heterocycles. The first-order valence-electron chi connectivity index (χ1n) is 10.4. The van der Waals surface area contributed by atoms with Gasteiger partial charge in [0.1, 0.15) is 18.1 Å². The molecule has 2 aromatic carbocycles. The topological polar surface area (TPSA) is 72.2 Å². The molecule has 7 heteroatoms. The fourth-order valence-corrected chi connectivity index (χ4v) is 3.28. The van der Waals surface area contributed by atoms with E-state index < -0.39 is 0 Å². The predicted octanol–water partition coefficient (Wildman–Crippen LogP) is 3.61. The zero-order chi connectivity index (χ0) is 22.8. The molecule has 0 N–H and O–H groups in total. The van der Waals surface area contributed by atoms with Crippen LogP contribution < -0.4 is 4.74 Å². The van der Waals surface area contributed by atoms with Crippen molar-refractivity contribution >= 4 is 11.8 Å². The second kappa shape index (κ2) is 11.7. The number of benzene rings is 2. The SMILES string of the molecule is COCCN(CC(=O)N(Cc1ccccc1)Cc1ccco1)C(=O)c1cccc(OC)c1. The Hall–Kier alpha value is -3.58. The van der Waals surface area contributed by atoms with Crippen LogP contribution >= 0.6 is 0 Å². The van der Waals surface area contributed by atoms with Crippen molar-refractivity contribution in [2.75, 3.05) is 33.9 Å². The Kier molecular flexibility index (Phi) is 8.45. The number of carbonyl (C=O) groups is 2. The van der Waals surface area contributed by atoms with Gasteiger partial charge in [0.05, 0.1) is 26.5 Å². The molecular weight excluding hydrogens is 408 g/mol. The Bertz CT molecular complexity index is 989. The summed E-state index contributed by atoms with van der Waals surface area (Å²) in [5.41, 5.74) is 1.45. The minimum absolute atomic E-state index is 0.0764. The molecule has 7 nitrogen and oxygen atoms in total. The summed E-state index contributed by atoms with van der Waals surface area (Å²) in [5.74, 6) is 0.818. The third-order valence-electron chi connectivity index (χ3n) is 4.99. The molecule has 0 aliphatic carbocycles. The van der Waals surface area contributed by atoms with Gasteiger partial charge in [0.25, 0.3) is 5.91 Å². The maximum absolute atomic E-state index is 13.3. The van der Waals surface area contributed by atoms with Crippen LogP contribution in [0.25, 0.3) is 0 Å². The molecule has 0 unspecified atom stereocenters. The number of amides is 2. The van der Waals surface area contributed by atoms with Crippen LogP contribution in [0.5, 0.6) is 5.75 Å². The lowest BCUT2D eigenvalue weighted by Gasteiger charge is -2.27. The van der Waals surface area contributed by atoms with E-state index in [1.165, 1.54) is 4.90 Å². The molecule has 2 amide bonds. The van der Waals surface area contributed by atoms with Crippen LogP contribution in [0.4, 0.5) is 0 Å². The van der Waals surface area contributed by atoms with Crippen LogP contribution in [0.2, 0.25) is 0 Å². The number of nitrogens with zero attached hydrogens (tertiary/aromatic N) is 2. The Labute approximate surface area is 188 Å². The normalized spacial score (nSPS) is 10.6. The molecule has 0 spiro atoms. The van der Waals surface area contributed by atoms with Crippen LogP contribution in [0.3, 0.4) is 0 Å². The molecule has 3 rings (SSSR count). The van der Waals surface area contributed by atoms with Crippen molar-refractivity contribution < 1.29 is 23.5 Å². The van der Waals surface area contributed by atoms with Gasteiger partial charge in [0.15, 0.2) is 0 Å². The van der Waals surface area contributed by atoms with Gasteiger partial charge in [-0.15, -0.1) is 0 Å². The van der Waals surface area contributed by atoms with Gasteiger partial charge in [0.2, 0.25) is 5.91 Å². The zero-order valence-corrected chi connectivity index (χ0v) is 18.4. The molecule has 3 aromatic rings. The van der Waals surface area contributed by atoms with Crippen molar-refractivity contribution in [3.63, 3.8) is 0 Å². The molecule has 0 atom stereocenters. The lowest BCUT2D eigenvalue weighted by molar-refractivity contribution is -0.133. The highest BCUT2D eigenvalue weighted by Crippen LogP contribution is 2.16. The quantitative estimate of drug-likeness (QED) is 0.459. The van der Waals surface area contributed by atoms with E-state index in [0.29, 0.717) is 36.8 Å². The predicted molar refractivity (Wildman–Crippen MR) is 120 cm³/mol. The second-order valence-electron chi connectivity index (χ2n) is 7.27. The third kappa shape index (κ3) is 6.46. The largest absolute Gasteiger partial charge is 0.497 e. The summed E-state index contributed by atoms with van der Waals surface area (Å²) < 4.78 is 15.9. The van der Waals surface area contributed by atoms with Gasteiger partial charge in [-0.2, -0.15) is 0 Å². The molecule has 0 bridgehead atoms. The maximum atomic E-state index is 13.3. The van der Waals surface area contributed by atoms with E-state index >= 15 is 0 Å². The van der Waals surface area contributed by atoms with Gasteiger partial charge in [0, 0.05) is 25.8 Å². The van der Waals surface area contributed by atoms with Crippen LogP contribution in [-0.2, 0) is 22.6 Å². The van der Waals surface area contributed by atoms with Crippen LogP contribution in [0.1, 0.15) is 21.7 Å². The zero-order valence-electron chi connectivity index (χ0n) is 18.4. The molecule has 0 aliphatic heterocycles. The van der Waals surface area contributed by atoms with Crippen molar-refractivity contribution in [3.8, 4) is 5.75 Å². The number of hydrogen-bond acceptors (Lipinski definition) is 5. The number of rotatable bonds is 11. The monoisotopic (exact) mass is 436 g/mol. The first kappa shape index (κ1) is 23.1. The fourth-order valence-electron chi connectivity index (χ4n) is 3.28. The van der Waals surface area contributed by atoms with E-state index in [2.05, 4.69) is 0 Å². The molecule has 1 aromatic heterocycles. The maximum Gasteiger partial charge on any atom is 0.254 e. The van der Waals surface area contributed by atoms with E-state index in [4.69, 9.17) is 13.9 Å². The van der Waals surface area contributed by atoms with Gasteiger partial charge in [-0.25, -0.2) is 0 Å². The Balaban J connectivity index is 1.79. The minimum atomic E-state index is -0.257. The second-order valence-corrected chi connectivity index (χ2v) is 7.27. The van der Waals surface area contributed by atoms with E-state index in [-0.39, 0.29) is 24.9 Å². The molecule has 32 heavy (non-hydrogen) atoms. The van der Waals surface area contributed by atoms with Crippen molar-refractivity contribution in [2.45, 2.75) is 13.1 Å². The van der Waals surface area contributed by atoms with Gasteiger partial charge in [-0.1, -0.05) is 36.4 Å². The van der Waals surface area contributed by atoms with Crippen molar-refractivity contribution in [3.05, 3.63) is 89.9 Å². The number of methoxy groups -OCH3 is 2. The van der Waals surface area contributed by atoms with E-state index in [1.807, 2.05) is 36.4 Å². The summed E-state index contributed by atoms with van der Waals surface area (Å²) in [5, 5.41) is 0. The molecule has 0 saturated carbocycles. The number of carbonyl (C=O) groups excluding carboxylic acids is 2. The fraction of sp³-hybridized carbons (Fsp3) is 0.280. The number of furan rings is 1. The Morgan fingerprint density at radius 1 is 0.906 bits per heavy atom. The summed E-state index contributed by atoms with van der Waals surface area (Å²) in [6.07, 6.45) is 1.58. The lowest BCUT2D eigenvalue weighted by atomic mass is 10.1. The van der Waals surface area contributed by atoms with E-state index in [1.54, 1.807) is 55.7 Å². The van der Waals surface area contributed by atoms with Gasteiger partial charge >= 0.3 is 0 Å². The Morgan fingerprint density at radius 2 is 1.72 bits per heavy atom. The first-order chi connectivity index (χ1) is 15.6. The highest BCUT2D eigenvalue weighted by atomic mass is 16.5. The van der Waals surface area contributed by atoms with Gasteiger partial charge in [-0.05, 0) is 35.9 Å². The van der Waals surface area contributed by atoms with Crippen LogP contribution in [-0.4, -0.2) is 55.5 Å². The van der Waals surface area contributed by atoms with Crippen LogP contribution in [0.15, 0.2) is 77.4 Å². The molecule has 0 fully saturated rings. The lowest BCUT2D eigenvalue weighted by Crippen LogP contribution is -2.43. The van der Waals surface area contributed by atoms with E-state index in [0.717, 1.165) is 5.56 Å². The van der Waals surface area contributed by atoms with E-state index in [9.17, 15) is 9.59 Å². The smallest absolute Gasteiger partial charge is 0.254 e. The molecule has 0 radical (unpaired) electrons. The third-order valence-corrected chi connectivity index (χ3v) is 4.99. The summed E-state index contributed by atoms with van der Waals surface area (Å²) in [6.45, 7) is 1.25. The van der Waals surface area contributed by atoms with Crippen molar-refractivity contribution in [1.82, 2.24) is 9.80 Å². The van der Waals surface area contributed by atoms with Gasteiger partial charge < -0.3 is 23.7 Å². The highest BCUT2D eigenvalue weighted by Gasteiger charge is 2.23. The number of ether oxygens (including phenoxy) is 2. The Morgan fingerprint density at radius 3 is 2.41 bits per heavy atom.